The lowest BCUT2D eigenvalue weighted by molar-refractivity contribution is 0.0972. The molecule has 0 unspecified atom stereocenters. The van der Waals surface area contributed by atoms with Gasteiger partial charge in [-0.15, -0.1) is 0 Å². The first-order valence-corrected chi connectivity index (χ1v) is 9.32. The van der Waals surface area contributed by atoms with Crippen molar-refractivity contribution >= 4 is 28.9 Å². The maximum Gasteiger partial charge on any atom is 0.229 e. The van der Waals surface area contributed by atoms with Crippen LogP contribution >= 0.6 is 0 Å². The number of aryl methyl sites for hydroxylation is 2. The number of benzene rings is 2. The number of carbonyl (C=O) groups excluding carboxylic acids is 1. The molecule has 0 aliphatic heterocycles. The summed E-state index contributed by atoms with van der Waals surface area (Å²) in [6.45, 7) is 2.03. The molecule has 0 fully saturated rings. The number of nitrogens with zero attached hydrogens (tertiary/aromatic N) is 2. The number of aromatic nitrogens is 2. The summed E-state index contributed by atoms with van der Waals surface area (Å²) in [6.07, 6.45) is 2.08. The molecule has 6 nitrogen and oxygen atoms in total. The van der Waals surface area contributed by atoms with E-state index >= 15 is 0 Å². The van der Waals surface area contributed by atoms with Gasteiger partial charge in [-0.2, -0.15) is 4.98 Å². The van der Waals surface area contributed by atoms with Crippen LogP contribution in [-0.4, -0.2) is 22.9 Å². The van der Waals surface area contributed by atoms with E-state index in [1.807, 2.05) is 55.5 Å². The molecule has 3 aromatic rings. The summed E-state index contributed by atoms with van der Waals surface area (Å²) in [5.74, 6) is 1.73. The molecule has 6 heteroatoms. The fraction of sp³-hybridized carbons (Fsp3) is 0.227. The van der Waals surface area contributed by atoms with Gasteiger partial charge in [0.15, 0.2) is 5.78 Å². The van der Waals surface area contributed by atoms with Crippen LogP contribution in [-0.2, 0) is 6.42 Å². The Bertz CT molecular complexity index is 1030. The Hall–Kier alpha value is -3.41. The molecule has 4 rings (SSSR count). The number of rotatable bonds is 5. The summed E-state index contributed by atoms with van der Waals surface area (Å²) in [7, 11) is 1.62. The molecule has 2 N–H and O–H groups in total. The molecule has 28 heavy (non-hydrogen) atoms. The second-order valence-electron chi connectivity index (χ2n) is 6.81. The number of ketones is 1. The quantitative estimate of drug-likeness (QED) is 0.668. The Morgan fingerprint density at radius 3 is 2.68 bits per heavy atom. The van der Waals surface area contributed by atoms with E-state index in [0.717, 1.165) is 35.5 Å². The number of methoxy groups -OCH3 is 1. The highest BCUT2D eigenvalue weighted by Gasteiger charge is 2.25. The number of Topliss-reactive ketones (excluding diaryl/α,β-unsaturated/α-hetero) is 1. The fourth-order valence-electron chi connectivity index (χ4n) is 3.40. The van der Waals surface area contributed by atoms with Crippen LogP contribution in [0.4, 0.5) is 23.1 Å². The van der Waals surface area contributed by atoms with Crippen molar-refractivity contribution in [3.63, 3.8) is 0 Å². The largest absolute Gasteiger partial charge is 0.495 e. The first kappa shape index (κ1) is 18.0. The highest BCUT2D eigenvalue weighted by molar-refractivity contribution is 6.03. The summed E-state index contributed by atoms with van der Waals surface area (Å²) in [5, 5.41) is 6.54. The summed E-state index contributed by atoms with van der Waals surface area (Å²) in [6, 6.07) is 15.6. The molecule has 0 bridgehead atoms. The molecule has 1 aliphatic rings. The van der Waals surface area contributed by atoms with Crippen molar-refractivity contribution in [3.8, 4) is 5.75 Å². The summed E-state index contributed by atoms with van der Waals surface area (Å²) in [4.78, 5) is 21.8. The van der Waals surface area contributed by atoms with E-state index in [0.29, 0.717) is 29.5 Å². The normalized spacial score (nSPS) is 13.0. The van der Waals surface area contributed by atoms with E-state index in [9.17, 15) is 4.79 Å². The van der Waals surface area contributed by atoms with E-state index in [4.69, 9.17) is 4.74 Å². The molecule has 0 atom stereocenters. The highest BCUT2D eigenvalue weighted by Crippen LogP contribution is 2.32. The van der Waals surface area contributed by atoms with Gasteiger partial charge < -0.3 is 15.4 Å². The van der Waals surface area contributed by atoms with E-state index in [1.54, 1.807) is 7.11 Å². The van der Waals surface area contributed by atoms with Gasteiger partial charge in [0.25, 0.3) is 0 Å². The van der Waals surface area contributed by atoms with Gasteiger partial charge in [0.1, 0.15) is 11.6 Å². The minimum absolute atomic E-state index is 0.0701. The lowest BCUT2D eigenvalue weighted by Crippen LogP contribution is -2.18. The second kappa shape index (κ2) is 7.68. The lowest BCUT2D eigenvalue weighted by Gasteiger charge is -2.20. The summed E-state index contributed by atoms with van der Waals surface area (Å²) >= 11 is 0. The van der Waals surface area contributed by atoms with E-state index < -0.39 is 0 Å². The molecule has 142 valence electrons. The minimum atomic E-state index is 0.0701. The summed E-state index contributed by atoms with van der Waals surface area (Å²) in [5.41, 5.74) is 4.16. The van der Waals surface area contributed by atoms with Crippen LogP contribution < -0.4 is 15.4 Å². The van der Waals surface area contributed by atoms with Gasteiger partial charge in [0, 0.05) is 12.1 Å². The average Bonchev–Trinajstić information content (AvgIpc) is 2.68. The molecule has 1 aliphatic carbocycles. The number of para-hydroxylation sites is 2. The van der Waals surface area contributed by atoms with Crippen LogP contribution in [0.2, 0.25) is 0 Å². The molecule has 2 aromatic carbocycles. The zero-order chi connectivity index (χ0) is 19.5. The van der Waals surface area contributed by atoms with Gasteiger partial charge in [0.2, 0.25) is 5.95 Å². The van der Waals surface area contributed by atoms with E-state index in [1.165, 1.54) is 0 Å². The third-order valence-corrected chi connectivity index (χ3v) is 4.71. The maximum atomic E-state index is 12.6. The van der Waals surface area contributed by atoms with Crippen molar-refractivity contribution in [2.75, 3.05) is 17.7 Å². The molecular weight excluding hydrogens is 352 g/mol. The van der Waals surface area contributed by atoms with Gasteiger partial charge in [-0.05, 0) is 49.6 Å². The van der Waals surface area contributed by atoms with Crippen LogP contribution in [0.5, 0.6) is 5.75 Å². The first-order valence-electron chi connectivity index (χ1n) is 9.32. The number of nitrogens with one attached hydrogen (secondary N) is 2. The van der Waals surface area contributed by atoms with Gasteiger partial charge in [0.05, 0.1) is 24.1 Å². The summed E-state index contributed by atoms with van der Waals surface area (Å²) < 4.78 is 5.42. The molecule has 1 aromatic heterocycles. The average molecular weight is 374 g/mol. The minimum Gasteiger partial charge on any atom is -0.495 e. The van der Waals surface area contributed by atoms with E-state index in [-0.39, 0.29) is 5.78 Å². The van der Waals surface area contributed by atoms with Gasteiger partial charge in [-0.1, -0.05) is 24.3 Å². The lowest BCUT2D eigenvalue weighted by atomic mass is 9.95. The van der Waals surface area contributed by atoms with Crippen molar-refractivity contribution in [3.05, 3.63) is 65.4 Å². The molecular formula is C22H22N4O2. The SMILES string of the molecule is COc1ccccc1Nc1nc(Nc2cccc(C)c2)nc2c1C(=O)CCC2. The Balaban J connectivity index is 1.76. The zero-order valence-corrected chi connectivity index (χ0v) is 16.0. The van der Waals surface area contributed by atoms with Crippen molar-refractivity contribution < 1.29 is 9.53 Å². The van der Waals surface area contributed by atoms with Gasteiger partial charge >= 0.3 is 0 Å². The predicted molar refractivity (Wildman–Crippen MR) is 110 cm³/mol. The number of hydrogen-bond donors (Lipinski definition) is 2. The van der Waals surface area contributed by atoms with Crippen molar-refractivity contribution in [2.24, 2.45) is 0 Å². The third-order valence-electron chi connectivity index (χ3n) is 4.71. The van der Waals surface area contributed by atoms with Gasteiger partial charge in [-0.25, -0.2) is 4.98 Å². The van der Waals surface area contributed by atoms with Crippen LogP contribution in [0.15, 0.2) is 48.5 Å². The van der Waals surface area contributed by atoms with Crippen LogP contribution in [0.25, 0.3) is 0 Å². The Kier molecular flexibility index (Phi) is 4.93. The Morgan fingerprint density at radius 1 is 1.00 bits per heavy atom. The topological polar surface area (TPSA) is 76.1 Å². The van der Waals surface area contributed by atoms with Crippen LogP contribution in [0.3, 0.4) is 0 Å². The van der Waals surface area contributed by atoms with Crippen molar-refractivity contribution in [2.45, 2.75) is 26.2 Å². The molecule has 0 spiro atoms. The second-order valence-corrected chi connectivity index (χ2v) is 6.81. The fourth-order valence-corrected chi connectivity index (χ4v) is 3.40. The molecule has 0 radical (unpaired) electrons. The standard InChI is InChI=1S/C22H22N4O2/c1-14-7-5-8-15(13-14)23-22-25-17-10-6-11-18(27)20(17)21(26-22)24-16-9-3-4-12-19(16)28-2/h3-5,7-9,12-13H,6,10-11H2,1-2H3,(H2,23,24,25,26). The Labute approximate surface area is 164 Å². The Morgan fingerprint density at radius 2 is 1.86 bits per heavy atom. The number of carbonyl (C=O) groups is 1. The number of hydrogen-bond acceptors (Lipinski definition) is 6. The predicted octanol–water partition coefficient (Wildman–Crippen LogP) is 4.80. The molecule has 0 amide bonds. The molecule has 0 saturated carbocycles. The number of fused-ring (bicyclic) bond motifs is 1. The number of anilines is 4. The zero-order valence-electron chi connectivity index (χ0n) is 16.0. The van der Waals surface area contributed by atoms with Crippen LogP contribution in [0, 0.1) is 6.92 Å². The van der Waals surface area contributed by atoms with Crippen LogP contribution in [0.1, 0.15) is 34.5 Å². The highest BCUT2D eigenvalue weighted by atomic mass is 16.5. The monoisotopic (exact) mass is 374 g/mol. The van der Waals surface area contributed by atoms with E-state index in [2.05, 4.69) is 20.6 Å². The van der Waals surface area contributed by atoms with Crippen molar-refractivity contribution in [1.82, 2.24) is 9.97 Å². The third kappa shape index (κ3) is 3.67. The first-order chi connectivity index (χ1) is 13.6. The smallest absolute Gasteiger partial charge is 0.229 e. The number of ether oxygens (including phenoxy) is 1. The van der Waals surface area contributed by atoms with Crippen molar-refractivity contribution in [1.29, 1.82) is 0 Å². The molecule has 1 heterocycles. The maximum absolute atomic E-state index is 12.6. The van der Waals surface area contributed by atoms with Gasteiger partial charge in [-0.3, -0.25) is 4.79 Å². The molecule has 0 saturated heterocycles.